The zero-order chi connectivity index (χ0) is 17.4. The molecule has 24 heavy (non-hydrogen) atoms. The zero-order valence-electron chi connectivity index (χ0n) is 13.0. The van der Waals surface area contributed by atoms with Crippen LogP contribution in [0.5, 0.6) is 0 Å². The SMILES string of the molecule is O=C(CC(=O)NCc1ccc(F)cc1)NCCc1ccccc1F. The third kappa shape index (κ3) is 5.79. The third-order valence-electron chi connectivity index (χ3n) is 3.40. The Morgan fingerprint density at radius 1 is 0.875 bits per heavy atom. The second-order valence-electron chi connectivity index (χ2n) is 5.27. The maximum atomic E-state index is 13.4. The van der Waals surface area contributed by atoms with Crippen LogP contribution in [0, 0.1) is 11.6 Å². The number of amides is 2. The van der Waals surface area contributed by atoms with E-state index in [4.69, 9.17) is 0 Å². The molecule has 0 fully saturated rings. The Morgan fingerprint density at radius 3 is 2.25 bits per heavy atom. The molecule has 0 saturated carbocycles. The number of hydrogen-bond acceptors (Lipinski definition) is 2. The summed E-state index contributed by atoms with van der Waals surface area (Å²) in [6, 6.07) is 12.1. The topological polar surface area (TPSA) is 58.2 Å². The van der Waals surface area contributed by atoms with Crippen LogP contribution in [0.3, 0.4) is 0 Å². The van der Waals surface area contributed by atoms with E-state index in [-0.39, 0.29) is 31.1 Å². The monoisotopic (exact) mass is 332 g/mol. The Hall–Kier alpha value is -2.76. The van der Waals surface area contributed by atoms with Gasteiger partial charge in [-0.15, -0.1) is 0 Å². The Bertz CT molecular complexity index is 702. The fourth-order valence-electron chi connectivity index (χ4n) is 2.11. The molecule has 0 atom stereocenters. The molecular weight excluding hydrogens is 314 g/mol. The molecule has 0 saturated heterocycles. The Labute approximate surface area is 138 Å². The molecule has 0 aromatic heterocycles. The standard InChI is InChI=1S/C18H18F2N2O2/c19-15-7-5-13(6-8-15)12-22-18(24)11-17(23)21-10-9-14-3-1-2-4-16(14)20/h1-8H,9-12H2,(H,21,23)(H,22,24). The molecule has 6 heteroatoms. The maximum absolute atomic E-state index is 13.4. The Balaban J connectivity index is 1.67. The van der Waals surface area contributed by atoms with Crippen LogP contribution in [0.1, 0.15) is 17.5 Å². The quantitative estimate of drug-likeness (QED) is 0.765. The van der Waals surface area contributed by atoms with Crippen LogP contribution < -0.4 is 10.6 Å². The summed E-state index contributed by atoms with van der Waals surface area (Å²) in [6.07, 6.45) is 0.0497. The van der Waals surface area contributed by atoms with E-state index in [1.54, 1.807) is 30.3 Å². The maximum Gasteiger partial charge on any atom is 0.229 e. The predicted molar refractivity (Wildman–Crippen MR) is 86.0 cm³/mol. The third-order valence-corrected chi connectivity index (χ3v) is 3.40. The molecule has 0 bridgehead atoms. The van der Waals surface area contributed by atoms with Gasteiger partial charge in [0.2, 0.25) is 11.8 Å². The molecule has 2 aromatic rings. The molecule has 0 radical (unpaired) electrons. The van der Waals surface area contributed by atoms with Gasteiger partial charge < -0.3 is 10.6 Å². The summed E-state index contributed by atoms with van der Waals surface area (Å²) in [5.74, 6) is -1.52. The van der Waals surface area contributed by atoms with Gasteiger partial charge in [0.25, 0.3) is 0 Å². The highest BCUT2D eigenvalue weighted by molar-refractivity contribution is 5.96. The summed E-state index contributed by atoms with van der Waals surface area (Å²) in [7, 11) is 0. The van der Waals surface area contributed by atoms with Crippen molar-refractivity contribution in [1.82, 2.24) is 10.6 Å². The van der Waals surface area contributed by atoms with Crippen LogP contribution in [-0.4, -0.2) is 18.4 Å². The molecule has 2 rings (SSSR count). The lowest BCUT2D eigenvalue weighted by molar-refractivity contribution is -0.129. The number of carbonyl (C=O) groups excluding carboxylic acids is 2. The molecule has 2 N–H and O–H groups in total. The van der Waals surface area contributed by atoms with Crippen molar-refractivity contribution in [3.63, 3.8) is 0 Å². The summed E-state index contributed by atoms with van der Waals surface area (Å²) in [5, 5.41) is 5.16. The van der Waals surface area contributed by atoms with Crippen molar-refractivity contribution < 1.29 is 18.4 Å². The molecule has 0 unspecified atom stereocenters. The molecule has 0 aliphatic rings. The fraction of sp³-hybridized carbons (Fsp3) is 0.222. The van der Waals surface area contributed by atoms with Gasteiger partial charge in [-0.05, 0) is 35.7 Å². The van der Waals surface area contributed by atoms with Gasteiger partial charge in [0, 0.05) is 13.1 Å². The van der Waals surface area contributed by atoms with E-state index < -0.39 is 11.8 Å². The van der Waals surface area contributed by atoms with E-state index in [0.29, 0.717) is 12.0 Å². The van der Waals surface area contributed by atoms with Crippen LogP contribution in [0.25, 0.3) is 0 Å². The van der Waals surface area contributed by atoms with Crippen molar-refractivity contribution in [3.8, 4) is 0 Å². The van der Waals surface area contributed by atoms with Crippen molar-refractivity contribution in [2.24, 2.45) is 0 Å². The number of benzene rings is 2. The second kappa shape index (κ2) is 8.76. The normalized spacial score (nSPS) is 10.2. The predicted octanol–water partition coefficient (Wildman–Crippen LogP) is 2.33. The van der Waals surface area contributed by atoms with Crippen molar-refractivity contribution in [1.29, 1.82) is 0 Å². The van der Waals surface area contributed by atoms with Gasteiger partial charge in [0.05, 0.1) is 0 Å². The first-order chi connectivity index (χ1) is 11.5. The summed E-state index contributed by atoms with van der Waals surface area (Å²) in [4.78, 5) is 23.3. The van der Waals surface area contributed by atoms with Crippen molar-refractivity contribution in [2.45, 2.75) is 19.4 Å². The number of hydrogen-bond donors (Lipinski definition) is 2. The molecule has 0 aliphatic carbocycles. The summed E-state index contributed by atoms with van der Waals surface area (Å²) in [5.41, 5.74) is 1.25. The fourth-order valence-corrected chi connectivity index (χ4v) is 2.11. The van der Waals surface area contributed by atoms with Crippen LogP contribution >= 0.6 is 0 Å². The van der Waals surface area contributed by atoms with Gasteiger partial charge >= 0.3 is 0 Å². The minimum Gasteiger partial charge on any atom is -0.355 e. The van der Waals surface area contributed by atoms with Gasteiger partial charge in [-0.2, -0.15) is 0 Å². The minimum absolute atomic E-state index is 0.224. The summed E-state index contributed by atoms with van der Waals surface area (Å²) in [6.45, 7) is 0.479. The Kier molecular flexibility index (Phi) is 6.42. The average Bonchev–Trinajstić information content (AvgIpc) is 2.56. The average molecular weight is 332 g/mol. The first kappa shape index (κ1) is 17.6. The van der Waals surface area contributed by atoms with Crippen molar-refractivity contribution >= 4 is 11.8 Å². The lowest BCUT2D eigenvalue weighted by atomic mass is 10.1. The number of carbonyl (C=O) groups is 2. The first-order valence-electron chi connectivity index (χ1n) is 7.56. The molecule has 2 aromatic carbocycles. The summed E-state index contributed by atoms with van der Waals surface area (Å²) >= 11 is 0. The molecule has 4 nitrogen and oxygen atoms in total. The van der Waals surface area contributed by atoms with E-state index in [2.05, 4.69) is 10.6 Å². The van der Waals surface area contributed by atoms with E-state index in [1.165, 1.54) is 18.2 Å². The van der Waals surface area contributed by atoms with Crippen molar-refractivity contribution in [3.05, 3.63) is 71.3 Å². The van der Waals surface area contributed by atoms with Crippen molar-refractivity contribution in [2.75, 3.05) is 6.54 Å². The zero-order valence-corrected chi connectivity index (χ0v) is 13.0. The van der Waals surface area contributed by atoms with Gasteiger partial charge in [-0.3, -0.25) is 9.59 Å². The lowest BCUT2D eigenvalue weighted by Crippen LogP contribution is -2.32. The number of halogens is 2. The molecular formula is C18H18F2N2O2. The van der Waals surface area contributed by atoms with Crippen LogP contribution in [0.4, 0.5) is 8.78 Å². The molecule has 126 valence electrons. The number of rotatable bonds is 7. The molecule has 0 heterocycles. The van der Waals surface area contributed by atoms with Gasteiger partial charge in [-0.1, -0.05) is 30.3 Å². The Morgan fingerprint density at radius 2 is 1.54 bits per heavy atom. The van der Waals surface area contributed by atoms with E-state index in [9.17, 15) is 18.4 Å². The molecule has 0 spiro atoms. The van der Waals surface area contributed by atoms with E-state index in [1.807, 2.05) is 0 Å². The van der Waals surface area contributed by atoms with Crippen LogP contribution in [0.15, 0.2) is 48.5 Å². The van der Waals surface area contributed by atoms with Crippen LogP contribution in [0.2, 0.25) is 0 Å². The largest absolute Gasteiger partial charge is 0.355 e. The van der Waals surface area contributed by atoms with E-state index >= 15 is 0 Å². The van der Waals surface area contributed by atoms with Gasteiger partial charge in [0.15, 0.2) is 0 Å². The minimum atomic E-state index is -0.428. The van der Waals surface area contributed by atoms with E-state index in [0.717, 1.165) is 5.56 Å². The first-order valence-corrected chi connectivity index (χ1v) is 7.56. The highest BCUT2D eigenvalue weighted by atomic mass is 19.1. The van der Waals surface area contributed by atoms with Gasteiger partial charge in [0.1, 0.15) is 18.1 Å². The van der Waals surface area contributed by atoms with Crippen LogP contribution in [-0.2, 0) is 22.6 Å². The molecule has 0 aliphatic heterocycles. The number of nitrogens with one attached hydrogen (secondary N) is 2. The lowest BCUT2D eigenvalue weighted by Gasteiger charge is -2.07. The highest BCUT2D eigenvalue weighted by Crippen LogP contribution is 2.06. The highest BCUT2D eigenvalue weighted by Gasteiger charge is 2.09. The second-order valence-corrected chi connectivity index (χ2v) is 5.27. The summed E-state index contributed by atoms with van der Waals surface area (Å²) < 4.78 is 26.2. The molecule has 2 amide bonds. The smallest absolute Gasteiger partial charge is 0.229 e. The van der Waals surface area contributed by atoms with Gasteiger partial charge in [-0.25, -0.2) is 8.78 Å².